The number of halogens is 1. The largest absolute Gasteiger partial charge is 0.271 e. The molecule has 2 nitrogen and oxygen atoms in total. The third kappa shape index (κ3) is 3.20. The summed E-state index contributed by atoms with van der Waals surface area (Å²) in [6.07, 6.45) is 4.86. The summed E-state index contributed by atoms with van der Waals surface area (Å²) in [5, 5.41) is 0. The topological polar surface area (TPSA) is 38.0 Å². The zero-order chi connectivity index (χ0) is 14.7. The van der Waals surface area contributed by atoms with Crippen molar-refractivity contribution in [2.75, 3.05) is 0 Å². The molecule has 2 aromatic rings. The summed E-state index contributed by atoms with van der Waals surface area (Å²) in [5.41, 5.74) is 7.12. The van der Waals surface area contributed by atoms with E-state index < -0.39 is 0 Å². The SMILES string of the molecule is NNC(Cc1ccccc1Br)c1ccccc1C1CCC1. The molecular formula is C18H21BrN2. The second-order valence-corrected chi connectivity index (χ2v) is 6.63. The Kier molecular flexibility index (Phi) is 4.73. The van der Waals surface area contributed by atoms with Gasteiger partial charge in [0.05, 0.1) is 6.04 Å². The average molecular weight is 345 g/mol. The normalized spacial score (nSPS) is 16.5. The number of benzene rings is 2. The molecule has 0 radical (unpaired) electrons. The minimum absolute atomic E-state index is 0.153. The van der Waals surface area contributed by atoms with E-state index in [0.29, 0.717) is 0 Å². The zero-order valence-corrected chi connectivity index (χ0v) is 13.6. The Balaban J connectivity index is 1.88. The highest BCUT2D eigenvalue weighted by Gasteiger charge is 2.24. The highest BCUT2D eigenvalue weighted by atomic mass is 79.9. The first-order valence-electron chi connectivity index (χ1n) is 7.58. The molecule has 3 N–H and O–H groups in total. The molecule has 0 saturated heterocycles. The molecule has 0 heterocycles. The molecule has 1 fully saturated rings. The lowest BCUT2D eigenvalue weighted by Crippen LogP contribution is -2.31. The number of rotatable bonds is 5. The van der Waals surface area contributed by atoms with Crippen LogP contribution in [0.3, 0.4) is 0 Å². The summed E-state index contributed by atoms with van der Waals surface area (Å²) in [6.45, 7) is 0. The zero-order valence-electron chi connectivity index (χ0n) is 12.1. The van der Waals surface area contributed by atoms with Gasteiger partial charge < -0.3 is 0 Å². The molecule has 0 spiro atoms. The molecular weight excluding hydrogens is 324 g/mol. The molecule has 1 aliphatic carbocycles. The van der Waals surface area contributed by atoms with Gasteiger partial charge in [-0.1, -0.05) is 64.8 Å². The van der Waals surface area contributed by atoms with Crippen molar-refractivity contribution in [2.24, 2.45) is 5.84 Å². The van der Waals surface area contributed by atoms with Gasteiger partial charge in [0.25, 0.3) is 0 Å². The molecule has 3 rings (SSSR count). The van der Waals surface area contributed by atoms with Gasteiger partial charge >= 0.3 is 0 Å². The summed E-state index contributed by atoms with van der Waals surface area (Å²) in [5.74, 6) is 6.58. The fourth-order valence-electron chi connectivity index (χ4n) is 3.06. The van der Waals surface area contributed by atoms with Crippen molar-refractivity contribution in [3.63, 3.8) is 0 Å². The van der Waals surface area contributed by atoms with E-state index in [-0.39, 0.29) is 6.04 Å². The van der Waals surface area contributed by atoms with E-state index >= 15 is 0 Å². The molecule has 110 valence electrons. The second-order valence-electron chi connectivity index (χ2n) is 5.77. The molecule has 0 aliphatic heterocycles. The minimum Gasteiger partial charge on any atom is -0.271 e. The minimum atomic E-state index is 0.153. The first-order chi connectivity index (χ1) is 10.3. The van der Waals surface area contributed by atoms with Crippen LogP contribution in [0.4, 0.5) is 0 Å². The van der Waals surface area contributed by atoms with Crippen molar-refractivity contribution in [2.45, 2.75) is 37.6 Å². The monoisotopic (exact) mass is 344 g/mol. The Morgan fingerprint density at radius 1 is 1.10 bits per heavy atom. The number of hydrogen-bond acceptors (Lipinski definition) is 2. The van der Waals surface area contributed by atoms with E-state index in [1.807, 2.05) is 6.07 Å². The first kappa shape index (κ1) is 14.8. The van der Waals surface area contributed by atoms with E-state index in [1.54, 1.807) is 0 Å². The second kappa shape index (κ2) is 6.73. The van der Waals surface area contributed by atoms with Crippen molar-refractivity contribution in [1.82, 2.24) is 5.43 Å². The third-order valence-corrected chi connectivity index (χ3v) is 5.27. The maximum absolute atomic E-state index is 5.87. The number of hydrogen-bond donors (Lipinski definition) is 2. The van der Waals surface area contributed by atoms with Crippen LogP contribution in [-0.2, 0) is 6.42 Å². The predicted molar refractivity (Wildman–Crippen MR) is 90.9 cm³/mol. The molecule has 3 heteroatoms. The maximum Gasteiger partial charge on any atom is 0.0503 e. The lowest BCUT2D eigenvalue weighted by Gasteiger charge is -2.30. The number of hydrazine groups is 1. The van der Waals surface area contributed by atoms with Crippen LogP contribution in [0.5, 0.6) is 0 Å². The van der Waals surface area contributed by atoms with E-state index in [9.17, 15) is 0 Å². The number of nitrogens with two attached hydrogens (primary N) is 1. The van der Waals surface area contributed by atoms with Gasteiger partial charge in [0.1, 0.15) is 0 Å². The van der Waals surface area contributed by atoms with Crippen molar-refractivity contribution in [3.8, 4) is 0 Å². The van der Waals surface area contributed by atoms with Gasteiger partial charge in [0.2, 0.25) is 0 Å². The van der Waals surface area contributed by atoms with Crippen LogP contribution in [0.25, 0.3) is 0 Å². The average Bonchev–Trinajstić information content (AvgIpc) is 2.46. The van der Waals surface area contributed by atoms with Gasteiger partial charge in [-0.3, -0.25) is 11.3 Å². The summed E-state index contributed by atoms with van der Waals surface area (Å²) in [7, 11) is 0. The molecule has 1 aliphatic rings. The summed E-state index contributed by atoms with van der Waals surface area (Å²) in [6, 6.07) is 17.2. The summed E-state index contributed by atoms with van der Waals surface area (Å²) >= 11 is 3.63. The Bertz CT molecular complexity index is 608. The molecule has 1 atom stereocenters. The summed E-state index contributed by atoms with van der Waals surface area (Å²) < 4.78 is 1.14. The fourth-order valence-corrected chi connectivity index (χ4v) is 3.51. The van der Waals surface area contributed by atoms with Crippen LogP contribution >= 0.6 is 15.9 Å². The van der Waals surface area contributed by atoms with Gasteiger partial charge in [-0.05, 0) is 47.9 Å². The molecule has 1 unspecified atom stereocenters. The molecule has 1 saturated carbocycles. The third-order valence-electron chi connectivity index (χ3n) is 4.50. The molecule has 0 amide bonds. The van der Waals surface area contributed by atoms with Gasteiger partial charge in [-0.25, -0.2) is 0 Å². The number of nitrogens with one attached hydrogen (secondary N) is 1. The van der Waals surface area contributed by atoms with E-state index in [1.165, 1.54) is 36.0 Å². The maximum atomic E-state index is 5.87. The molecule has 2 aromatic carbocycles. The van der Waals surface area contributed by atoms with Crippen molar-refractivity contribution >= 4 is 15.9 Å². The van der Waals surface area contributed by atoms with Crippen LogP contribution in [0.1, 0.15) is 47.9 Å². The quantitative estimate of drug-likeness (QED) is 0.620. The smallest absolute Gasteiger partial charge is 0.0503 e. The Labute approximate surface area is 134 Å². The van der Waals surface area contributed by atoms with E-state index in [2.05, 4.69) is 63.8 Å². The highest BCUT2D eigenvalue weighted by molar-refractivity contribution is 9.10. The van der Waals surface area contributed by atoms with Crippen LogP contribution < -0.4 is 11.3 Å². The molecule has 0 aromatic heterocycles. The van der Waals surface area contributed by atoms with Crippen molar-refractivity contribution < 1.29 is 0 Å². The lowest BCUT2D eigenvalue weighted by molar-refractivity contribution is 0.411. The van der Waals surface area contributed by atoms with Crippen LogP contribution in [0.2, 0.25) is 0 Å². The Hall–Kier alpha value is -1.16. The standard InChI is InChI=1S/C18H21BrN2/c19-17-11-4-1-6-14(17)12-18(21-20)16-10-3-2-9-15(16)13-7-5-8-13/h1-4,6,9-11,13,18,21H,5,7-8,12,20H2. The van der Waals surface area contributed by atoms with Crippen molar-refractivity contribution in [3.05, 3.63) is 69.7 Å². The highest BCUT2D eigenvalue weighted by Crippen LogP contribution is 2.40. The van der Waals surface area contributed by atoms with E-state index in [0.717, 1.165) is 16.8 Å². The Morgan fingerprint density at radius 3 is 2.48 bits per heavy atom. The van der Waals surface area contributed by atoms with Crippen LogP contribution in [-0.4, -0.2) is 0 Å². The van der Waals surface area contributed by atoms with Crippen LogP contribution in [0.15, 0.2) is 53.0 Å². The van der Waals surface area contributed by atoms with Crippen LogP contribution in [0, 0.1) is 0 Å². The predicted octanol–water partition coefficient (Wildman–Crippen LogP) is 4.46. The van der Waals surface area contributed by atoms with Crippen molar-refractivity contribution in [1.29, 1.82) is 0 Å². The lowest BCUT2D eigenvalue weighted by atomic mass is 9.76. The first-order valence-corrected chi connectivity index (χ1v) is 8.37. The van der Waals surface area contributed by atoms with Gasteiger partial charge in [0, 0.05) is 4.47 Å². The van der Waals surface area contributed by atoms with Gasteiger partial charge in [0.15, 0.2) is 0 Å². The molecule has 21 heavy (non-hydrogen) atoms. The summed E-state index contributed by atoms with van der Waals surface area (Å²) in [4.78, 5) is 0. The van der Waals surface area contributed by atoms with E-state index in [4.69, 9.17) is 5.84 Å². The van der Waals surface area contributed by atoms with Gasteiger partial charge in [-0.15, -0.1) is 0 Å². The fraction of sp³-hybridized carbons (Fsp3) is 0.333. The van der Waals surface area contributed by atoms with Gasteiger partial charge in [-0.2, -0.15) is 0 Å². The Morgan fingerprint density at radius 2 is 1.81 bits per heavy atom. The molecule has 0 bridgehead atoms.